The van der Waals surface area contributed by atoms with Crippen LogP contribution >= 0.6 is 11.6 Å². The predicted octanol–water partition coefficient (Wildman–Crippen LogP) is 8.01. The van der Waals surface area contributed by atoms with E-state index in [1.54, 1.807) is 14.2 Å². The van der Waals surface area contributed by atoms with Gasteiger partial charge in [-0.25, -0.2) is 0 Å². The van der Waals surface area contributed by atoms with Crippen LogP contribution in [-0.4, -0.2) is 50.8 Å². The highest BCUT2D eigenvalue weighted by Gasteiger charge is 2.50. The molecule has 2 aliphatic heterocycles. The largest absolute Gasteiger partial charge is 0.383 e. The molecule has 0 radical (unpaired) electrons. The lowest BCUT2D eigenvalue weighted by Gasteiger charge is -2.27. The van der Waals surface area contributed by atoms with E-state index in [0.717, 1.165) is 37.4 Å². The van der Waals surface area contributed by atoms with Crippen LogP contribution in [0.4, 0.5) is 11.4 Å². The zero-order valence-electron chi connectivity index (χ0n) is 25.2. The Hall–Kier alpha value is -3.05. The summed E-state index contributed by atoms with van der Waals surface area (Å²) in [6, 6.07) is 17.2. The summed E-state index contributed by atoms with van der Waals surface area (Å²) < 4.78 is 13.2. The average Bonchev–Trinajstić information content (AvgIpc) is 3.32. The van der Waals surface area contributed by atoms with Gasteiger partial charge in [-0.1, -0.05) is 67.9 Å². The molecule has 5 rings (SSSR count). The second kappa shape index (κ2) is 12.1. The maximum atomic E-state index is 7.12. The summed E-state index contributed by atoms with van der Waals surface area (Å²) in [4.78, 5) is 2.40. The number of fused-ring (bicyclic) bond motifs is 2. The average molecular weight is 571 g/mol. The third-order valence-electron chi connectivity index (χ3n) is 8.82. The Bertz CT molecular complexity index is 1460. The highest BCUT2D eigenvalue weighted by molar-refractivity contribution is 6.32. The van der Waals surface area contributed by atoms with Crippen molar-refractivity contribution in [3.05, 3.63) is 113 Å². The lowest BCUT2D eigenvalue weighted by molar-refractivity contribution is -0.441. The molecule has 1 unspecified atom stereocenters. The van der Waals surface area contributed by atoms with Crippen molar-refractivity contribution >= 4 is 28.7 Å². The molecule has 2 aromatic carbocycles. The molecule has 0 spiro atoms. The van der Waals surface area contributed by atoms with Gasteiger partial charge in [0.25, 0.3) is 0 Å². The minimum absolute atomic E-state index is 0.104. The van der Waals surface area contributed by atoms with E-state index in [9.17, 15) is 0 Å². The molecule has 0 aromatic heterocycles. The van der Waals surface area contributed by atoms with Gasteiger partial charge in [0.15, 0.2) is 6.54 Å². The predicted molar refractivity (Wildman–Crippen MR) is 172 cm³/mol. The van der Waals surface area contributed by atoms with Gasteiger partial charge in [-0.15, -0.1) is 0 Å². The molecular weight excluding hydrogens is 528 g/mol. The van der Waals surface area contributed by atoms with Crippen LogP contribution in [0.1, 0.15) is 51.2 Å². The van der Waals surface area contributed by atoms with Crippen molar-refractivity contribution in [3.63, 3.8) is 0 Å². The zero-order valence-corrected chi connectivity index (χ0v) is 25.9. The van der Waals surface area contributed by atoms with Gasteiger partial charge in [0.05, 0.1) is 19.1 Å². The maximum absolute atomic E-state index is 7.12. The fourth-order valence-corrected chi connectivity index (χ4v) is 6.89. The monoisotopic (exact) mass is 570 g/mol. The minimum atomic E-state index is -0.347. The topological polar surface area (TPSA) is 24.7 Å². The number of hydrogen-bond acceptors (Lipinski definition) is 3. The van der Waals surface area contributed by atoms with Crippen molar-refractivity contribution in [3.8, 4) is 0 Å². The number of hydrogen-bond donors (Lipinski definition) is 0. The number of para-hydroxylation sites is 2. The van der Waals surface area contributed by atoms with Gasteiger partial charge in [-0.05, 0) is 61.1 Å². The first-order valence-electron chi connectivity index (χ1n) is 14.6. The van der Waals surface area contributed by atoms with Crippen LogP contribution in [-0.2, 0) is 20.3 Å². The fourth-order valence-electron chi connectivity index (χ4n) is 6.57. The number of halogens is 1. The van der Waals surface area contributed by atoms with Crippen LogP contribution in [0.25, 0.3) is 0 Å². The molecule has 1 aliphatic carbocycles. The van der Waals surface area contributed by atoms with Crippen molar-refractivity contribution < 1.29 is 14.0 Å². The van der Waals surface area contributed by atoms with Crippen LogP contribution in [0, 0.1) is 6.92 Å². The lowest BCUT2D eigenvalue weighted by atomic mass is 9.81. The second-order valence-corrected chi connectivity index (χ2v) is 12.3. The Balaban J connectivity index is 1.48. The lowest BCUT2D eigenvalue weighted by Crippen LogP contribution is -2.29. The molecule has 4 nitrogen and oxygen atoms in total. The molecule has 2 aromatic rings. The number of nitrogens with zero attached hydrogens (tertiary/aromatic N) is 2. The molecule has 1 atom stereocenters. The Kier molecular flexibility index (Phi) is 8.65. The van der Waals surface area contributed by atoms with Gasteiger partial charge < -0.3 is 14.4 Å². The van der Waals surface area contributed by atoms with Gasteiger partial charge in [0.1, 0.15) is 6.61 Å². The number of benzene rings is 2. The molecule has 0 saturated heterocycles. The van der Waals surface area contributed by atoms with E-state index in [1.165, 1.54) is 45.1 Å². The second-order valence-electron chi connectivity index (χ2n) is 11.9. The number of ether oxygens (including phenoxy) is 2. The first kappa shape index (κ1) is 29.4. The van der Waals surface area contributed by atoms with E-state index in [4.69, 9.17) is 21.1 Å². The van der Waals surface area contributed by atoms with Gasteiger partial charge in [-0.2, -0.15) is 4.58 Å². The Morgan fingerprint density at radius 2 is 1.63 bits per heavy atom. The first-order chi connectivity index (χ1) is 19.7. The summed E-state index contributed by atoms with van der Waals surface area (Å²) in [5.74, 6) is 0. The van der Waals surface area contributed by atoms with Crippen LogP contribution < -0.4 is 4.90 Å². The van der Waals surface area contributed by atoms with Crippen LogP contribution in [0.5, 0.6) is 0 Å². The normalized spacial score (nSPS) is 23.8. The highest BCUT2D eigenvalue weighted by atomic mass is 35.5. The number of rotatable bonds is 9. The third-order valence-corrected chi connectivity index (χ3v) is 9.31. The van der Waals surface area contributed by atoms with Gasteiger partial charge in [0, 0.05) is 54.7 Å². The van der Waals surface area contributed by atoms with E-state index < -0.39 is 0 Å². The van der Waals surface area contributed by atoms with E-state index in [-0.39, 0.29) is 10.8 Å². The maximum Gasteiger partial charge on any atom is 0.237 e. The van der Waals surface area contributed by atoms with Crippen molar-refractivity contribution in [2.45, 2.75) is 50.9 Å². The third kappa shape index (κ3) is 5.46. The number of methoxy groups -OCH3 is 2. The van der Waals surface area contributed by atoms with E-state index >= 15 is 0 Å². The van der Waals surface area contributed by atoms with E-state index in [0.29, 0.717) is 13.2 Å². The molecule has 0 saturated carbocycles. The molecule has 41 heavy (non-hydrogen) atoms. The van der Waals surface area contributed by atoms with Gasteiger partial charge >= 0.3 is 0 Å². The van der Waals surface area contributed by atoms with Gasteiger partial charge in [0.2, 0.25) is 16.8 Å². The molecule has 2 heterocycles. The molecule has 0 fully saturated rings. The standard InChI is InChI=1S/C36H43ClN2O2/c1-35(2)28-14-7-9-16-30(28)38(22-24-40-5)32(35)20-18-26-12-11-13-27(34(26)37)19-21-33-36(3,4)29-15-8-10-17-31(29)39(33)23-25-41-6/h7-10,14-21H,1,11-13,22-25H2,2-6H3/q+2. The highest BCUT2D eigenvalue weighted by Crippen LogP contribution is 2.48. The summed E-state index contributed by atoms with van der Waals surface area (Å²) in [6.45, 7) is 14.3. The Morgan fingerprint density at radius 1 is 0.927 bits per heavy atom. The molecule has 0 N–H and O–H groups in total. The molecule has 214 valence electrons. The van der Waals surface area contributed by atoms with Gasteiger partial charge in [-0.3, -0.25) is 0 Å². The zero-order chi connectivity index (χ0) is 29.2. The Morgan fingerprint density at radius 3 is 2.39 bits per heavy atom. The number of allylic oxidation sites excluding steroid dienone is 8. The van der Waals surface area contributed by atoms with Crippen LogP contribution in [0.3, 0.4) is 0 Å². The van der Waals surface area contributed by atoms with E-state index in [1.807, 2.05) is 0 Å². The molecule has 5 heteroatoms. The number of anilines is 1. The van der Waals surface area contributed by atoms with Crippen LogP contribution in [0.15, 0.2) is 94.7 Å². The van der Waals surface area contributed by atoms with Crippen molar-refractivity contribution in [2.24, 2.45) is 0 Å². The molecular formula is C36H43ClN2O2+2. The van der Waals surface area contributed by atoms with Crippen LogP contribution in [0.2, 0.25) is 0 Å². The van der Waals surface area contributed by atoms with Crippen molar-refractivity contribution in [1.82, 2.24) is 0 Å². The van der Waals surface area contributed by atoms with E-state index in [2.05, 4.69) is 110 Å². The smallest absolute Gasteiger partial charge is 0.237 e. The summed E-state index contributed by atoms with van der Waals surface area (Å²) >= 11 is 7.12. The van der Waals surface area contributed by atoms with Crippen molar-refractivity contribution in [1.29, 1.82) is 0 Å². The summed E-state index contributed by atoms with van der Waals surface area (Å²) in [7, 11) is 3.51. The molecule has 0 amide bonds. The fraction of sp³-hybridized carbons (Fsp3) is 0.389. The quantitative estimate of drug-likeness (QED) is 0.225. The summed E-state index contributed by atoms with van der Waals surface area (Å²) in [5, 5.41) is 0.867. The SMILES string of the molecule is [CH2+]C1(C)C(C=CC2=C(Cl)C(=CC=C3N(CCOC)c4ccccc4C3(C)C)CCC2)=[N+](CCOC)c2ccccc21. The summed E-state index contributed by atoms with van der Waals surface area (Å²) in [6.07, 6.45) is 12.0. The molecule has 3 aliphatic rings. The first-order valence-corrected chi connectivity index (χ1v) is 15.0. The summed E-state index contributed by atoms with van der Waals surface area (Å²) in [5.41, 5.74) is 9.42. The minimum Gasteiger partial charge on any atom is -0.383 e. The van der Waals surface area contributed by atoms with Crippen molar-refractivity contribution in [2.75, 3.05) is 45.4 Å². The molecule has 0 bridgehead atoms. The Labute approximate surface area is 251 Å².